The van der Waals surface area contributed by atoms with Gasteiger partial charge in [0.05, 0.1) is 7.85 Å². The van der Waals surface area contributed by atoms with Crippen LogP contribution in [0.2, 0.25) is 0 Å². The quantitative estimate of drug-likeness (QED) is 0.436. The van der Waals surface area contributed by atoms with E-state index in [9.17, 15) is 9.59 Å². The number of hydrogen-bond donors (Lipinski definition) is 0. The molecule has 0 heterocycles. The maximum Gasteiger partial charge on any atom is 0.254 e. The van der Waals surface area contributed by atoms with E-state index in [-0.39, 0.29) is 0 Å². The summed E-state index contributed by atoms with van der Waals surface area (Å²) in [6, 6.07) is 0. The summed E-state index contributed by atoms with van der Waals surface area (Å²) in [7, 11) is 5.46. The highest BCUT2D eigenvalue weighted by Gasteiger charge is 2.18. The normalized spacial score (nSPS) is 11.1. The van der Waals surface area contributed by atoms with E-state index in [0.717, 1.165) is 11.8 Å². The highest BCUT2D eigenvalue weighted by Crippen LogP contribution is 2.20. The summed E-state index contributed by atoms with van der Waals surface area (Å²) in [6.07, 6.45) is 0. The van der Waals surface area contributed by atoms with Gasteiger partial charge in [0.25, 0.3) is 5.12 Å². The van der Waals surface area contributed by atoms with Gasteiger partial charge in [-0.15, -0.1) is 0 Å². The van der Waals surface area contributed by atoms with Gasteiger partial charge in [0.15, 0.2) is 0 Å². The van der Waals surface area contributed by atoms with Crippen molar-refractivity contribution < 1.29 is 9.59 Å². The summed E-state index contributed by atoms with van der Waals surface area (Å²) in [4.78, 5) is 21.1. The summed E-state index contributed by atoms with van der Waals surface area (Å²) in [5.74, 6) is -0.455. The van der Waals surface area contributed by atoms with Gasteiger partial charge in [-0.2, -0.15) is 0 Å². The molecule has 0 spiro atoms. The molecular weight excluding hydrogens is 147 g/mol. The molecule has 0 aromatic heterocycles. The largest absolute Gasteiger partial charge is 0.290 e. The van der Waals surface area contributed by atoms with E-state index in [1.807, 2.05) is 0 Å². The van der Waals surface area contributed by atoms with Crippen molar-refractivity contribution in [2.45, 2.75) is 25.4 Å². The van der Waals surface area contributed by atoms with Gasteiger partial charge in [-0.1, -0.05) is 25.6 Å². The predicted molar refractivity (Wildman–Crippen MR) is 43.1 cm³/mol. The predicted octanol–water partition coefficient (Wildman–Crippen LogP) is 0.740. The molecule has 54 valence electrons. The highest BCUT2D eigenvalue weighted by atomic mass is 32.2. The number of Topliss-reactive ketones (excluding diaryl/α,β-unsaturated/α-hetero) is 1. The van der Waals surface area contributed by atoms with Crippen molar-refractivity contribution in [1.82, 2.24) is 0 Å². The SMILES string of the molecule is [B]C(C)(C)SC(=O)C(C)=O. The second-order valence-electron chi connectivity index (χ2n) is 2.55. The fraction of sp³-hybridized carbons (Fsp3) is 0.667. The molecule has 0 aromatic carbocycles. The summed E-state index contributed by atoms with van der Waals surface area (Å²) in [5.41, 5.74) is 0. The van der Waals surface area contributed by atoms with Crippen molar-refractivity contribution in [2.24, 2.45) is 0 Å². The number of hydrogen-bond acceptors (Lipinski definition) is 3. The van der Waals surface area contributed by atoms with Crippen molar-refractivity contribution in [2.75, 3.05) is 0 Å². The summed E-state index contributed by atoms with van der Waals surface area (Å²) >= 11 is 0.854. The molecular formula is C6H9BO2S. The first-order chi connectivity index (χ1) is 4.33. The lowest BCUT2D eigenvalue weighted by molar-refractivity contribution is -0.130. The Morgan fingerprint density at radius 1 is 1.40 bits per heavy atom. The Hall–Kier alpha value is -0.245. The average molecular weight is 156 g/mol. The molecule has 0 aromatic rings. The smallest absolute Gasteiger partial charge is 0.254 e. The Bertz CT molecular complexity index is 160. The Balaban J connectivity index is 3.93. The molecule has 0 fully saturated rings. The molecule has 0 aliphatic rings. The molecule has 0 N–H and O–H groups in total. The first-order valence-electron chi connectivity index (χ1n) is 2.86. The third kappa shape index (κ3) is 4.62. The second-order valence-corrected chi connectivity index (χ2v) is 4.18. The van der Waals surface area contributed by atoms with E-state index in [1.165, 1.54) is 6.92 Å². The van der Waals surface area contributed by atoms with Crippen LogP contribution in [0.3, 0.4) is 0 Å². The molecule has 0 rings (SSSR count). The van der Waals surface area contributed by atoms with Crippen LogP contribution in [0.1, 0.15) is 20.8 Å². The zero-order chi connectivity index (χ0) is 8.36. The molecule has 0 aliphatic heterocycles. The third-order valence-corrected chi connectivity index (χ3v) is 1.64. The van der Waals surface area contributed by atoms with Gasteiger partial charge in [0, 0.05) is 6.92 Å². The average Bonchev–Trinajstić information content (AvgIpc) is 1.60. The van der Waals surface area contributed by atoms with Crippen molar-refractivity contribution in [3.8, 4) is 0 Å². The zero-order valence-corrected chi connectivity index (χ0v) is 7.12. The van der Waals surface area contributed by atoms with Gasteiger partial charge in [-0.3, -0.25) is 9.59 Å². The van der Waals surface area contributed by atoms with Crippen LogP contribution in [-0.4, -0.2) is 23.4 Å². The van der Waals surface area contributed by atoms with E-state index < -0.39 is 15.5 Å². The molecule has 0 aliphatic carbocycles. The lowest BCUT2D eigenvalue weighted by Gasteiger charge is -2.14. The minimum Gasteiger partial charge on any atom is -0.290 e. The molecule has 0 bridgehead atoms. The van der Waals surface area contributed by atoms with Crippen LogP contribution in [0.5, 0.6) is 0 Å². The Morgan fingerprint density at radius 3 is 1.90 bits per heavy atom. The summed E-state index contributed by atoms with van der Waals surface area (Å²) < 4.78 is -0.650. The van der Waals surface area contributed by atoms with Crippen LogP contribution < -0.4 is 0 Å². The van der Waals surface area contributed by atoms with Gasteiger partial charge >= 0.3 is 0 Å². The first kappa shape index (κ1) is 9.75. The van der Waals surface area contributed by atoms with Gasteiger partial charge in [-0.05, 0) is 4.65 Å². The molecule has 0 unspecified atom stereocenters. The second kappa shape index (κ2) is 3.24. The minimum absolute atomic E-state index is 0.455. The van der Waals surface area contributed by atoms with Crippen molar-refractivity contribution in [3.63, 3.8) is 0 Å². The topological polar surface area (TPSA) is 34.1 Å². The summed E-state index contributed by atoms with van der Waals surface area (Å²) in [6.45, 7) is 4.60. The van der Waals surface area contributed by atoms with E-state index in [2.05, 4.69) is 0 Å². The van der Waals surface area contributed by atoms with Crippen molar-refractivity contribution in [3.05, 3.63) is 0 Å². The molecule has 2 nitrogen and oxygen atoms in total. The maximum absolute atomic E-state index is 10.7. The summed E-state index contributed by atoms with van der Waals surface area (Å²) in [5, 5.41) is -0.479. The monoisotopic (exact) mass is 156 g/mol. The van der Waals surface area contributed by atoms with Crippen LogP contribution >= 0.6 is 11.8 Å². The van der Waals surface area contributed by atoms with E-state index >= 15 is 0 Å². The lowest BCUT2D eigenvalue weighted by atomic mass is 9.91. The molecule has 0 atom stereocenters. The van der Waals surface area contributed by atoms with E-state index in [0.29, 0.717) is 0 Å². The number of carbonyl (C=O) groups excluding carboxylic acids is 2. The van der Waals surface area contributed by atoms with Gasteiger partial charge < -0.3 is 0 Å². The van der Waals surface area contributed by atoms with Crippen LogP contribution in [0.25, 0.3) is 0 Å². The first-order valence-corrected chi connectivity index (χ1v) is 3.67. The molecule has 0 saturated heterocycles. The van der Waals surface area contributed by atoms with E-state index in [4.69, 9.17) is 7.85 Å². The Labute approximate surface area is 66.2 Å². The maximum atomic E-state index is 10.7. The lowest BCUT2D eigenvalue weighted by Crippen LogP contribution is -2.20. The number of carbonyl (C=O) groups is 2. The molecule has 2 radical (unpaired) electrons. The van der Waals surface area contributed by atoms with E-state index in [1.54, 1.807) is 13.8 Å². The van der Waals surface area contributed by atoms with Crippen LogP contribution in [0.15, 0.2) is 0 Å². The van der Waals surface area contributed by atoms with Gasteiger partial charge in [-0.25, -0.2) is 0 Å². The number of ketones is 1. The van der Waals surface area contributed by atoms with Crippen molar-refractivity contribution in [1.29, 1.82) is 0 Å². The van der Waals surface area contributed by atoms with Crippen LogP contribution in [0.4, 0.5) is 0 Å². The fourth-order valence-corrected chi connectivity index (χ4v) is 0.932. The zero-order valence-electron chi connectivity index (χ0n) is 6.30. The highest BCUT2D eigenvalue weighted by molar-refractivity contribution is 8.17. The van der Waals surface area contributed by atoms with Gasteiger partial charge in [0.2, 0.25) is 5.78 Å². The standard InChI is InChI=1S/C6H9BO2S/c1-4(8)5(9)10-6(2,3)7/h1-3H3. The number of rotatable bonds is 2. The van der Waals surface area contributed by atoms with Gasteiger partial charge in [0.1, 0.15) is 0 Å². The number of thioether (sulfide) groups is 1. The van der Waals surface area contributed by atoms with Crippen LogP contribution in [-0.2, 0) is 9.59 Å². The molecule has 0 saturated carbocycles. The Morgan fingerprint density at radius 2 is 1.80 bits per heavy atom. The molecule has 10 heavy (non-hydrogen) atoms. The van der Waals surface area contributed by atoms with Crippen LogP contribution in [0, 0.1) is 0 Å². The van der Waals surface area contributed by atoms with Crippen molar-refractivity contribution >= 4 is 30.5 Å². The Kier molecular flexibility index (Phi) is 3.16. The third-order valence-electron chi connectivity index (χ3n) is 0.643. The molecule has 0 amide bonds. The fourth-order valence-electron chi connectivity index (χ4n) is 0.311. The molecule has 4 heteroatoms. The minimum atomic E-state index is -0.650.